The second kappa shape index (κ2) is 8.63. The van der Waals surface area contributed by atoms with Crippen molar-refractivity contribution in [3.05, 3.63) is 35.9 Å². The van der Waals surface area contributed by atoms with Gasteiger partial charge in [0.1, 0.15) is 0 Å². The van der Waals surface area contributed by atoms with Crippen LogP contribution in [0.2, 0.25) is 0 Å². The number of amides is 1. The number of carbonyl (C=O) groups is 1. The van der Waals surface area contributed by atoms with Gasteiger partial charge in [-0.1, -0.05) is 30.3 Å². The molecule has 0 radical (unpaired) electrons. The van der Waals surface area contributed by atoms with Crippen molar-refractivity contribution in [2.75, 3.05) is 32.7 Å². The fraction of sp³-hybridized carbons (Fsp3) is 0.650. The lowest BCUT2D eigenvalue weighted by Gasteiger charge is -2.33. The van der Waals surface area contributed by atoms with E-state index in [4.69, 9.17) is 0 Å². The summed E-state index contributed by atoms with van der Waals surface area (Å²) in [6.07, 6.45) is 5.17. The Kier molecular flexibility index (Phi) is 6.27. The highest BCUT2D eigenvalue weighted by Crippen LogP contribution is 2.28. The van der Waals surface area contributed by atoms with Crippen molar-refractivity contribution in [3.63, 3.8) is 0 Å². The molecule has 0 atom stereocenters. The first-order valence-corrected chi connectivity index (χ1v) is 9.52. The number of likely N-dealkylation sites (N-methyl/N-ethyl adjacent to an activating group) is 1. The number of likely N-dealkylation sites (tertiary alicyclic amines) is 1. The molecule has 3 rings (SSSR count). The van der Waals surface area contributed by atoms with E-state index in [2.05, 4.69) is 29.3 Å². The molecule has 2 fully saturated rings. The summed E-state index contributed by atoms with van der Waals surface area (Å²) in [6.45, 7) is 7.39. The second-order valence-electron chi connectivity index (χ2n) is 7.30. The fourth-order valence-corrected chi connectivity index (χ4v) is 3.42. The van der Waals surface area contributed by atoms with Crippen LogP contribution < -0.4 is 5.32 Å². The molecule has 1 aliphatic carbocycles. The zero-order valence-electron chi connectivity index (χ0n) is 14.9. The molecule has 4 heteroatoms. The van der Waals surface area contributed by atoms with E-state index in [-0.39, 0.29) is 5.91 Å². The first kappa shape index (κ1) is 17.4. The zero-order chi connectivity index (χ0) is 16.8. The maximum Gasteiger partial charge on any atom is 0.237 e. The van der Waals surface area contributed by atoms with Crippen LogP contribution in [0.15, 0.2) is 30.3 Å². The summed E-state index contributed by atoms with van der Waals surface area (Å²) in [5.74, 6) is 1.20. The smallest absolute Gasteiger partial charge is 0.237 e. The Morgan fingerprint density at radius 1 is 1.17 bits per heavy atom. The van der Waals surface area contributed by atoms with Crippen molar-refractivity contribution in [1.82, 2.24) is 15.1 Å². The molecule has 132 valence electrons. The number of nitrogens with zero attached hydrogens (tertiary/aromatic N) is 2. The maximum absolute atomic E-state index is 12.6. The molecule has 0 spiro atoms. The van der Waals surface area contributed by atoms with Gasteiger partial charge in [0, 0.05) is 32.2 Å². The van der Waals surface area contributed by atoms with Crippen LogP contribution in [0.4, 0.5) is 0 Å². The second-order valence-corrected chi connectivity index (χ2v) is 7.30. The number of rotatable bonds is 8. The quantitative estimate of drug-likeness (QED) is 0.796. The highest BCUT2D eigenvalue weighted by molar-refractivity contribution is 5.78. The molecule has 1 aliphatic heterocycles. The van der Waals surface area contributed by atoms with Gasteiger partial charge in [0.15, 0.2) is 0 Å². The van der Waals surface area contributed by atoms with Crippen LogP contribution in [-0.2, 0) is 11.3 Å². The Morgan fingerprint density at radius 2 is 1.88 bits per heavy atom. The molecule has 4 nitrogen and oxygen atoms in total. The minimum atomic E-state index is 0.255. The largest absolute Gasteiger partial charge is 0.338 e. The molecule has 1 N–H and O–H groups in total. The van der Waals surface area contributed by atoms with Crippen molar-refractivity contribution < 1.29 is 4.79 Å². The van der Waals surface area contributed by atoms with E-state index in [1.807, 2.05) is 23.1 Å². The molecular formula is C20H31N3O. The lowest BCUT2D eigenvalue weighted by molar-refractivity contribution is -0.133. The van der Waals surface area contributed by atoms with Gasteiger partial charge in [-0.05, 0) is 50.6 Å². The van der Waals surface area contributed by atoms with Crippen LogP contribution in [-0.4, -0.2) is 54.5 Å². The van der Waals surface area contributed by atoms with E-state index < -0.39 is 0 Å². The van der Waals surface area contributed by atoms with Crippen molar-refractivity contribution in [2.45, 2.75) is 45.2 Å². The predicted molar refractivity (Wildman–Crippen MR) is 97.7 cm³/mol. The van der Waals surface area contributed by atoms with E-state index in [9.17, 15) is 4.79 Å². The van der Waals surface area contributed by atoms with Crippen molar-refractivity contribution in [1.29, 1.82) is 0 Å². The Morgan fingerprint density at radius 3 is 2.50 bits per heavy atom. The third-order valence-corrected chi connectivity index (χ3v) is 5.29. The molecule has 0 bridgehead atoms. The molecule has 2 aliphatic rings. The van der Waals surface area contributed by atoms with Crippen molar-refractivity contribution in [3.8, 4) is 0 Å². The van der Waals surface area contributed by atoms with E-state index >= 15 is 0 Å². The molecule has 24 heavy (non-hydrogen) atoms. The van der Waals surface area contributed by atoms with Crippen LogP contribution in [0.3, 0.4) is 0 Å². The Hall–Kier alpha value is -1.39. The monoisotopic (exact) mass is 329 g/mol. The number of carbonyl (C=O) groups excluding carboxylic acids is 1. The van der Waals surface area contributed by atoms with Gasteiger partial charge in [-0.3, -0.25) is 9.69 Å². The molecular weight excluding hydrogens is 298 g/mol. The fourth-order valence-electron chi connectivity index (χ4n) is 3.42. The van der Waals surface area contributed by atoms with Crippen LogP contribution in [0.5, 0.6) is 0 Å². The number of hydrogen-bond acceptors (Lipinski definition) is 3. The molecule has 0 aromatic heterocycles. The predicted octanol–water partition coefficient (Wildman–Crippen LogP) is 2.50. The van der Waals surface area contributed by atoms with Gasteiger partial charge < -0.3 is 10.2 Å². The maximum atomic E-state index is 12.6. The molecule has 1 aromatic carbocycles. The van der Waals surface area contributed by atoms with Gasteiger partial charge in [-0.25, -0.2) is 0 Å². The Labute approximate surface area is 146 Å². The van der Waals surface area contributed by atoms with Gasteiger partial charge in [0.05, 0.1) is 6.54 Å². The van der Waals surface area contributed by atoms with Crippen molar-refractivity contribution in [2.24, 2.45) is 5.92 Å². The summed E-state index contributed by atoms with van der Waals surface area (Å²) in [7, 11) is 0. The lowest BCUT2D eigenvalue weighted by atomic mass is 10.0. The minimum Gasteiger partial charge on any atom is -0.338 e. The summed E-state index contributed by atoms with van der Waals surface area (Å²) < 4.78 is 0. The Bertz CT molecular complexity index is 507. The van der Waals surface area contributed by atoms with Crippen LogP contribution >= 0.6 is 0 Å². The topological polar surface area (TPSA) is 35.6 Å². The number of nitrogens with one attached hydrogen (secondary N) is 1. The number of hydrogen-bond donors (Lipinski definition) is 1. The summed E-state index contributed by atoms with van der Waals surface area (Å²) >= 11 is 0. The summed E-state index contributed by atoms with van der Waals surface area (Å²) in [4.78, 5) is 16.9. The first-order valence-electron chi connectivity index (χ1n) is 9.52. The normalized spacial score (nSPS) is 19.4. The molecule has 0 unspecified atom stereocenters. The standard InChI is InChI=1S/C20H31N3O/c1-2-23(15-18-6-4-3-5-7-18)20(24)16-22-12-10-19(11-13-22)21-14-17-8-9-17/h3-7,17,19,21H,2,8-16H2,1H3. The third-order valence-electron chi connectivity index (χ3n) is 5.29. The summed E-state index contributed by atoms with van der Waals surface area (Å²) in [5.41, 5.74) is 1.20. The molecule has 1 amide bonds. The van der Waals surface area contributed by atoms with Gasteiger partial charge in [0.25, 0.3) is 0 Å². The molecule has 1 aromatic rings. The van der Waals surface area contributed by atoms with E-state index in [0.717, 1.165) is 32.1 Å². The summed E-state index contributed by atoms with van der Waals surface area (Å²) in [6, 6.07) is 10.9. The van der Waals surface area contributed by atoms with Gasteiger partial charge in [-0.2, -0.15) is 0 Å². The van der Waals surface area contributed by atoms with E-state index in [1.165, 1.54) is 37.8 Å². The van der Waals surface area contributed by atoms with Crippen LogP contribution in [0.25, 0.3) is 0 Å². The van der Waals surface area contributed by atoms with Gasteiger partial charge >= 0.3 is 0 Å². The van der Waals surface area contributed by atoms with Crippen LogP contribution in [0.1, 0.15) is 38.2 Å². The average Bonchev–Trinajstić information content (AvgIpc) is 3.44. The zero-order valence-corrected chi connectivity index (χ0v) is 14.9. The molecule has 1 saturated carbocycles. The number of benzene rings is 1. The lowest BCUT2D eigenvalue weighted by Crippen LogP contribution is -2.47. The van der Waals surface area contributed by atoms with E-state index in [1.54, 1.807) is 0 Å². The minimum absolute atomic E-state index is 0.255. The van der Waals surface area contributed by atoms with Gasteiger partial charge in [-0.15, -0.1) is 0 Å². The highest BCUT2D eigenvalue weighted by Gasteiger charge is 2.25. The molecule has 1 heterocycles. The Balaban J connectivity index is 1.40. The van der Waals surface area contributed by atoms with Gasteiger partial charge in [0.2, 0.25) is 5.91 Å². The SMILES string of the molecule is CCN(Cc1ccccc1)C(=O)CN1CCC(NCC2CC2)CC1. The van der Waals surface area contributed by atoms with Crippen LogP contribution in [0, 0.1) is 5.92 Å². The highest BCUT2D eigenvalue weighted by atomic mass is 16.2. The first-order chi connectivity index (χ1) is 11.7. The van der Waals surface area contributed by atoms with Crippen molar-refractivity contribution >= 4 is 5.91 Å². The van der Waals surface area contributed by atoms with E-state index in [0.29, 0.717) is 12.6 Å². The molecule has 1 saturated heterocycles. The third kappa shape index (κ3) is 5.32. The number of piperidine rings is 1. The summed E-state index contributed by atoms with van der Waals surface area (Å²) in [5, 5.41) is 3.70. The average molecular weight is 329 g/mol.